The van der Waals surface area contributed by atoms with Crippen LogP contribution in [0.3, 0.4) is 0 Å². The number of guanidine groups is 1. The van der Waals surface area contributed by atoms with Gasteiger partial charge in [0.1, 0.15) is 0 Å². The molecule has 1 fully saturated rings. The first-order valence-electron chi connectivity index (χ1n) is 7.55. The van der Waals surface area contributed by atoms with E-state index in [1.165, 1.54) is 32.1 Å². The summed E-state index contributed by atoms with van der Waals surface area (Å²) in [7, 11) is 1.79. The zero-order valence-electron chi connectivity index (χ0n) is 12.6. The van der Waals surface area contributed by atoms with Gasteiger partial charge in [0, 0.05) is 25.2 Å². The third-order valence-electron chi connectivity index (χ3n) is 3.87. The molecule has 114 valence electrons. The second-order valence-electron chi connectivity index (χ2n) is 5.47. The number of benzene rings is 1. The fourth-order valence-electron chi connectivity index (χ4n) is 2.61. The van der Waals surface area contributed by atoms with Crippen LogP contribution in [0, 0.1) is 0 Å². The van der Waals surface area contributed by atoms with E-state index in [0.29, 0.717) is 18.2 Å². The number of carbonyl (C=O) groups is 1. The molecule has 0 atom stereocenters. The Bertz CT molecular complexity index is 490. The van der Waals surface area contributed by atoms with Crippen LogP contribution in [0.4, 0.5) is 0 Å². The van der Waals surface area contributed by atoms with Crippen molar-refractivity contribution in [2.75, 3.05) is 7.05 Å². The third-order valence-corrected chi connectivity index (χ3v) is 3.87. The van der Waals surface area contributed by atoms with E-state index in [9.17, 15) is 4.79 Å². The first-order chi connectivity index (χ1) is 10.2. The van der Waals surface area contributed by atoms with Crippen molar-refractivity contribution in [2.45, 2.75) is 44.7 Å². The van der Waals surface area contributed by atoms with Gasteiger partial charge < -0.3 is 16.4 Å². The van der Waals surface area contributed by atoms with Crippen molar-refractivity contribution in [3.63, 3.8) is 0 Å². The minimum Gasteiger partial charge on any atom is -0.366 e. The summed E-state index contributed by atoms with van der Waals surface area (Å²) in [6, 6.07) is 7.83. The molecule has 1 aromatic carbocycles. The molecule has 2 rings (SSSR count). The van der Waals surface area contributed by atoms with Gasteiger partial charge in [-0.1, -0.05) is 31.4 Å². The summed E-state index contributed by atoms with van der Waals surface area (Å²) in [4.78, 5) is 15.3. The highest BCUT2D eigenvalue weighted by Crippen LogP contribution is 2.17. The molecule has 1 aliphatic rings. The largest absolute Gasteiger partial charge is 0.366 e. The molecule has 0 saturated heterocycles. The van der Waals surface area contributed by atoms with E-state index in [1.54, 1.807) is 19.2 Å². The summed E-state index contributed by atoms with van der Waals surface area (Å²) in [6.07, 6.45) is 6.37. The minimum absolute atomic E-state index is 0.399. The molecule has 1 saturated carbocycles. The average Bonchev–Trinajstić information content (AvgIpc) is 2.52. The number of nitrogens with one attached hydrogen (secondary N) is 2. The number of hydrogen-bond donors (Lipinski definition) is 3. The Morgan fingerprint density at radius 2 is 1.90 bits per heavy atom. The van der Waals surface area contributed by atoms with E-state index in [1.807, 2.05) is 12.1 Å². The van der Waals surface area contributed by atoms with Crippen molar-refractivity contribution in [1.82, 2.24) is 10.6 Å². The van der Waals surface area contributed by atoms with Gasteiger partial charge in [0.2, 0.25) is 5.91 Å². The van der Waals surface area contributed by atoms with E-state index < -0.39 is 5.91 Å². The van der Waals surface area contributed by atoms with E-state index in [-0.39, 0.29) is 0 Å². The number of hydrogen-bond acceptors (Lipinski definition) is 2. The number of rotatable bonds is 4. The van der Waals surface area contributed by atoms with Crippen molar-refractivity contribution in [1.29, 1.82) is 0 Å². The molecular weight excluding hydrogens is 264 g/mol. The SMILES string of the molecule is CN=C(NCc1ccc(C(N)=O)cc1)NC1CCCCC1. The minimum atomic E-state index is -0.399. The molecule has 0 aromatic heterocycles. The second kappa shape index (κ2) is 7.67. The number of nitrogens with two attached hydrogens (primary N) is 1. The number of carbonyl (C=O) groups excluding carboxylic acids is 1. The van der Waals surface area contributed by atoms with Crippen molar-refractivity contribution in [3.8, 4) is 0 Å². The molecule has 0 spiro atoms. The summed E-state index contributed by atoms with van der Waals surface area (Å²) in [5.74, 6) is 0.435. The van der Waals surface area contributed by atoms with Crippen molar-refractivity contribution >= 4 is 11.9 Å². The quantitative estimate of drug-likeness (QED) is 0.583. The Kier molecular flexibility index (Phi) is 5.60. The van der Waals surface area contributed by atoms with Crippen molar-refractivity contribution < 1.29 is 4.79 Å². The maximum absolute atomic E-state index is 11.0. The van der Waals surface area contributed by atoms with Gasteiger partial charge in [0.15, 0.2) is 5.96 Å². The Labute approximate surface area is 126 Å². The molecule has 5 nitrogen and oxygen atoms in total. The highest BCUT2D eigenvalue weighted by atomic mass is 16.1. The van der Waals surface area contributed by atoms with E-state index >= 15 is 0 Å². The van der Waals surface area contributed by atoms with E-state index in [2.05, 4.69) is 15.6 Å². The summed E-state index contributed by atoms with van der Waals surface area (Å²) in [6.45, 7) is 0.672. The first kappa shape index (κ1) is 15.4. The predicted octanol–water partition coefficient (Wildman–Crippen LogP) is 1.78. The maximum Gasteiger partial charge on any atom is 0.248 e. The number of nitrogens with zero attached hydrogens (tertiary/aromatic N) is 1. The van der Waals surface area contributed by atoms with Gasteiger partial charge in [-0.3, -0.25) is 9.79 Å². The molecule has 0 heterocycles. The molecule has 0 radical (unpaired) electrons. The van der Waals surface area contributed by atoms with Crippen LogP contribution in [0.1, 0.15) is 48.0 Å². The molecule has 0 aliphatic heterocycles. The fraction of sp³-hybridized carbons (Fsp3) is 0.500. The highest BCUT2D eigenvalue weighted by molar-refractivity contribution is 5.92. The van der Waals surface area contributed by atoms with Gasteiger partial charge in [-0.25, -0.2) is 0 Å². The zero-order chi connectivity index (χ0) is 15.1. The van der Waals surface area contributed by atoms with Gasteiger partial charge in [-0.15, -0.1) is 0 Å². The lowest BCUT2D eigenvalue weighted by atomic mass is 9.96. The lowest BCUT2D eigenvalue weighted by Crippen LogP contribution is -2.43. The number of primary amides is 1. The molecule has 21 heavy (non-hydrogen) atoms. The molecule has 1 aromatic rings. The average molecular weight is 288 g/mol. The molecule has 1 aliphatic carbocycles. The van der Waals surface area contributed by atoms with Crippen LogP contribution in [0.15, 0.2) is 29.3 Å². The summed E-state index contributed by atoms with van der Waals surface area (Å²) < 4.78 is 0. The van der Waals surface area contributed by atoms with Crippen LogP contribution < -0.4 is 16.4 Å². The van der Waals surface area contributed by atoms with E-state index in [4.69, 9.17) is 5.73 Å². The third kappa shape index (κ3) is 4.77. The van der Waals surface area contributed by atoms with Crippen LogP contribution in [0.5, 0.6) is 0 Å². The molecule has 0 bridgehead atoms. The van der Waals surface area contributed by atoms with Crippen LogP contribution in [-0.4, -0.2) is 25.0 Å². The standard InChI is InChI=1S/C16H24N4O/c1-18-16(20-14-5-3-2-4-6-14)19-11-12-7-9-13(10-8-12)15(17)21/h7-10,14H,2-6,11H2,1H3,(H2,17,21)(H2,18,19,20). The smallest absolute Gasteiger partial charge is 0.248 e. The van der Waals surface area contributed by atoms with Gasteiger partial charge in [0.05, 0.1) is 0 Å². The Balaban J connectivity index is 1.83. The topological polar surface area (TPSA) is 79.5 Å². The van der Waals surface area contributed by atoms with Gasteiger partial charge in [-0.05, 0) is 30.5 Å². The van der Waals surface area contributed by atoms with Gasteiger partial charge in [-0.2, -0.15) is 0 Å². The molecule has 4 N–H and O–H groups in total. The summed E-state index contributed by atoms with van der Waals surface area (Å²) in [5.41, 5.74) is 6.85. The lowest BCUT2D eigenvalue weighted by molar-refractivity contribution is 0.100. The van der Waals surface area contributed by atoms with Gasteiger partial charge in [0.25, 0.3) is 0 Å². The highest BCUT2D eigenvalue weighted by Gasteiger charge is 2.14. The Morgan fingerprint density at radius 3 is 2.48 bits per heavy atom. The maximum atomic E-state index is 11.0. The molecular formula is C16H24N4O. The first-order valence-corrected chi connectivity index (χ1v) is 7.55. The van der Waals surface area contributed by atoms with Crippen LogP contribution in [0.25, 0.3) is 0 Å². The summed E-state index contributed by atoms with van der Waals surface area (Å²) in [5, 5.41) is 6.77. The normalized spacial score (nSPS) is 16.5. The predicted molar refractivity (Wildman–Crippen MR) is 85.2 cm³/mol. The fourth-order valence-corrected chi connectivity index (χ4v) is 2.61. The second-order valence-corrected chi connectivity index (χ2v) is 5.47. The van der Waals surface area contributed by atoms with Crippen LogP contribution in [-0.2, 0) is 6.54 Å². The Morgan fingerprint density at radius 1 is 1.24 bits per heavy atom. The molecule has 1 amide bonds. The van der Waals surface area contributed by atoms with Crippen LogP contribution in [0.2, 0.25) is 0 Å². The van der Waals surface area contributed by atoms with Crippen molar-refractivity contribution in [3.05, 3.63) is 35.4 Å². The molecule has 5 heteroatoms. The monoisotopic (exact) mass is 288 g/mol. The lowest BCUT2D eigenvalue weighted by Gasteiger charge is -2.24. The van der Waals surface area contributed by atoms with Crippen LogP contribution >= 0.6 is 0 Å². The van der Waals surface area contributed by atoms with Crippen molar-refractivity contribution in [2.24, 2.45) is 10.7 Å². The number of aliphatic imine (C=N–C) groups is 1. The summed E-state index contributed by atoms with van der Waals surface area (Å²) >= 11 is 0. The van der Waals surface area contributed by atoms with E-state index in [0.717, 1.165) is 11.5 Å². The Hall–Kier alpha value is -2.04. The van der Waals surface area contributed by atoms with Gasteiger partial charge >= 0.3 is 0 Å². The zero-order valence-corrected chi connectivity index (χ0v) is 12.6. The molecule has 0 unspecified atom stereocenters. The number of amides is 1.